The van der Waals surface area contributed by atoms with Crippen molar-refractivity contribution >= 4 is 66.9 Å². The van der Waals surface area contributed by atoms with Crippen LogP contribution in [-0.2, 0) is 0 Å². The van der Waals surface area contributed by atoms with Crippen molar-refractivity contribution < 1.29 is 0 Å². The third kappa shape index (κ3) is 5.59. The van der Waals surface area contributed by atoms with Gasteiger partial charge in [0, 0.05) is 21.9 Å². The molecule has 2 aliphatic heterocycles. The molecule has 0 saturated carbocycles. The minimum absolute atomic E-state index is 0.579. The summed E-state index contributed by atoms with van der Waals surface area (Å²) < 4.78 is 2.33. The summed E-state index contributed by atoms with van der Waals surface area (Å²) in [5.74, 6) is 2.37. The number of quaternary nitrogens is 4. The second-order valence-corrected chi connectivity index (χ2v) is 18.5. The van der Waals surface area contributed by atoms with Gasteiger partial charge in [-0.25, -0.2) is 29.9 Å². The van der Waals surface area contributed by atoms with Crippen LogP contribution in [0.15, 0.2) is 72.8 Å². The van der Waals surface area contributed by atoms with Crippen molar-refractivity contribution in [3.8, 4) is 45.6 Å². The lowest BCUT2D eigenvalue weighted by Crippen LogP contribution is -2.35. The highest BCUT2D eigenvalue weighted by atomic mass is 15.3. The summed E-state index contributed by atoms with van der Waals surface area (Å²) in [4.78, 5) is 39.4. The molecule has 2 N–H and O–H groups in total. The van der Waals surface area contributed by atoms with Gasteiger partial charge in [0.25, 0.3) is 0 Å². The fourth-order valence-corrected chi connectivity index (χ4v) is 8.15. The molecule has 0 radical (unpaired) electrons. The van der Waals surface area contributed by atoms with E-state index in [1.165, 1.54) is 0 Å². The quantitative estimate of drug-likeness (QED) is 0.179. The summed E-state index contributed by atoms with van der Waals surface area (Å²) in [5.41, 5.74) is 10.9. The number of benzene rings is 4. The molecule has 4 aromatic carbocycles. The zero-order chi connectivity index (χ0) is 39.7. The monoisotopic (exact) mass is 746 g/mol. The maximum absolute atomic E-state index is 5.39. The van der Waals surface area contributed by atoms with Gasteiger partial charge in [-0.3, -0.25) is 17.9 Å². The predicted molar refractivity (Wildman–Crippen MR) is 234 cm³/mol. The van der Waals surface area contributed by atoms with E-state index in [1.54, 1.807) is 0 Å². The zero-order valence-electron chi connectivity index (χ0n) is 34.4. The molecule has 9 rings (SSSR count). The van der Waals surface area contributed by atoms with Crippen molar-refractivity contribution in [2.24, 2.45) is 0 Å². The number of aromatic nitrogens is 8. The Morgan fingerprint density at radius 2 is 0.661 bits per heavy atom. The Labute approximate surface area is 326 Å². The number of hydrogen-bond donors (Lipinski definition) is 2. The minimum Gasteiger partial charge on any atom is -0.324 e. The number of nitrogens with zero attached hydrogens (tertiary/aromatic N) is 10. The van der Waals surface area contributed by atoms with Gasteiger partial charge >= 0.3 is 0 Å². The first-order chi connectivity index (χ1) is 26.3. The topological polar surface area (TPSA) is 109 Å². The summed E-state index contributed by atoms with van der Waals surface area (Å²) in [6.45, 7) is 0. The molecule has 7 aromatic rings. The Morgan fingerprint density at radius 1 is 0.339 bits per heavy atom. The third-order valence-corrected chi connectivity index (χ3v) is 10.7. The molecular weight excluding hydrogens is 697 g/mol. The van der Waals surface area contributed by atoms with Gasteiger partial charge in [0.1, 0.15) is 45.3 Å². The van der Waals surface area contributed by atoms with E-state index in [4.69, 9.17) is 29.9 Å². The number of hydrogen-bond acceptors (Lipinski definition) is 6. The molecule has 0 aliphatic carbocycles. The number of fused-ring (bicyclic) bond motifs is 20. The van der Waals surface area contributed by atoms with Crippen molar-refractivity contribution in [3.63, 3.8) is 0 Å². The Hall–Kier alpha value is -5.92. The molecule has 0 unspecified atom stereocenters. The highest BCUT2D eigenvalue weighted by Crippen LogP contribution is 2.45. The van der Waals surface area contributed by atoms with Crippen LogP contribution in [0.2, 0.25) is 0 Å². The average molecular weight is 747 g/mol. The van der Waals surface area contributed by atoms with Crippen LogP contribution in [0.3, 0.4) is 0 Å². The Bertz CT molecular complexity index is 2760. The fraction of sp³-hybridized carbons (Fsp3) is 0.273. The standard InChI is InChI=1S/C44H50N12/c1-53(2,3)29-21-13-17-25-33(29)41-45-37(25)50-42-35-27(19-15-23-31(35)55(7,8)9)39(47-42)52-44-36-28(20-16-24-32(36)56(10,11)12)40(48-44)51-43-34-26(38(46-43)49-41)18-14-22-30(34)54(4,5)6/h13-24H,1-12H3,(H2,45,46,47,48,49,50,51,52)/q+4. The van der Waals surface area contributed by atoms with Crippen LogP contribution in [0, 0.1) is 0 Å². The van der Waals surface area contributed by atoms with E-state index < -0.39 is 0 Å². The number of nitrogens with one attached hydrogen (secondary N) is 2. The molecule has 282 valence electrons. The predicted octanol–water partition coefficient (Wildman–Crippen LogP) is 7.66. The van der Waals surface area contributed by atoms with Gasteiger partial charge in [0.05, 0.1) is 106 Å². The summed E-state index contributed by atoms with van der Waals surface area (Å²) in [7, 11) is 26.0. The summed E-state index contributed by atoms with van der Waals surface area (Å²) in [6, 6.07) is 25.4. The van der Waals surface area contributed by atoms with Gasteiger partial charge in [-0.15, -0.1) is 0 Å². The molecule has 56 heavy (non-hydrogen) atoms. The first-order valence-corrected chi connectivity index (χ1v) is 18.9. The maximum atomic E-state index is 5.39. The molecule has 12 nitrogen and oxygen atoms in total. The summed E-state index contributed by atoms with van der Waals surface area (Å²) in [6.07, 6.45) is 0. The first-order valence-electron chi connectivity index (χ1n) is 18.9. The second-order valence-electron chi connectivity index (χ2n) is 18.5. The van der Waals surface area contributed by atoms with Crippen LogP contribution in [-0.4, -0.2) is 124 Å². The van der Waals surface area contributed by atoms with E-state index in [-0.39, 0.29) is 0 Å². The van der Waals surface area contributed by atoms with Crippen LogP contribution < -0.4 is 17.9 Å². The van der Waals surface area contributed by atoms with Crippen molar-refractivity contribution in [3.05, 3.63) is 72.8 Å². The van der Waals surface area contributed by atoms with Crippen molar-refractivity contribution in [2.45, 2.75) is 0 Å². The molecule has 0 atom stereocenters. The number of H-pyrrole nitrogens is 2. The lowest BCUT2D eigenvalue weighted by atomic mass is 10.0. The van der Waals surface area contributed by atoms with Crippen molar-refractivity contribution in [2.75, 3.05) is 84.6 Å². The van der Waals surface area contributed by atoms with Crippen molar-refractivity contribution in [1.82, 2.24) is 57.8 Å². The Kier molecular flexibility index (Phi) is 7.53. The maximum Gasteiger partial charge on any atom is 0.170 e. The zero-order valence-corrected chi connectivity index (χ0v) is 34.4. The summed E-state index contributed by atoms with van der Waals surface area (Å²) >= 11 is 0. The molecule has 0 saturated heterocycles. The molecule has 5 heterocycles. The number of aromatic amines is 2. The average Bonchev–Trinajstić information content (AvgIpc) is 3.85. The Morgan fingerprint density at radius 3 is 1.02 bits per heavy atom. The molecule has 2 aliphatic rings. The van der Waals surface area contributed by atoms with E-state index in [0.29, 0.717) is 63.8 Å². The third-order valence-electron chi connectivity index (χ3n) is 10.7. The first kappa shape index (κ1) is 35.8. The number of rotatable bonds is 4. The molecule has 0 amide bonds. The molecule has 8 bridgehead atoms. The van der Waals surface area contributed by atoms with Crippen LogP contribution in [0.1, 0.15) is 0 Å². The van der Waals surface area contributed by atoms with E-state index >= 15 is 0 Å². The fourth-order valence-electron chi connectivity index (χ4n) is 8.15. The van der Waals surface area contributed by atoms with Crippen LogP contribution in [0.5, 0.6) is 0 Å². The van der Waals surface area contributed by atoms with Crippen LogP contribution >= 0.6 is 0 Å². The molecule has 0 fully saturated rings. The van der Waals surface area contributed by atoms with Gasteiger partial charge in [0.15, 0.2) is 23.3 Å². The molecule has 3 aromatic heterocycles. The SMILES string of the molecule is C[N+](C)(C)c1cccc2c1-c1nc-2nc2[nH]c(nc3nc(nc4[nH]c(n1)c1cccc([N+](C)(C)C)c41)-c1cccc([N+](C)(C)C)c1-3)c1cccc([N+](C)(C)C)c21. The summed E-state index contributed by atoms with van der Waals surface area (Å²) in [5, 5.41) is 3.88. The Balaban J connectivity index is 1.55. The van der Waals surface area contributed by atoms with Crippen molar-refractivity contribution in [1.29, 1.82) is 0 Å². The molecular formula is C44H50N12+4. The highest BCUT2D eigenvalue weighted by Gasteiger charge is 2.32. The minimum atomic E-state index is 0.579. The van der Waals surface area contributed by atoms with E-state index in [1.807, 2.05) is 0 Å². The lowest BCUT2D eigenvalue weighted by Gasteiger charge is -2.25. The van der Waals surface area contributed by atoms with E-state index in [9.17, 15) is 0 Å². The van der Waals surface area contributed by atoms with E-state index in [2.05, 4.69) is 167 Å². The van der Waals surface area contributed by atoms with Gasteiger partial charge in [-0.05, 0) is 36.4 Å². The van der Waals surface area contributed by atoms with Gasteiger partial charge in [0.2, 0.25) is 0 Å². The van der Waals surface area contributed by atoms with Crippen LogP contribution in [0.4, 0.5) is 22.7 Å². The van der Waals surface area contributed by atoms with Gasteiger partial charge < -0.3 is 9.97 Å². The lowest BCUT2D eigenvalue weighted by molar-refractivity contribution is 0.487. The molecule has 0 spiro atoms. The molecule has 12 heteroatoms. The van der Waals surface area contributed by atoms with E-state index in [0.717, 1.165) is 66.5 Å². The second kappa shape index (κ2) is 11.8. The van der Waals surface area contributed by atoms with Crippen LogP contribution in [0.25, 0.3) is 89.7 Å². The normalized spacial score (nSPS) is 13.4. The van der Waals surface area contributed by atoms with Gasteiger partial charge in [-0.1, -0.05) is 36.4 Å². The van der Waals surface area contributed by atoms with Gasteiger partial charge in [-0.2, -0.15) is 0 Å². The smallest absolute Gasteiger partial charge is 0.170 e. The highest BCUT2D eigenvalue weighted by molar-refractivity contribution is 6.12. The largest absolute Gasteiger partial charge is 0.324 e.